The van der Waals surface area contributed by atoms with E-state index < -0.39 is 11.4 Å². The Morgan fingerprint density at radius 3 is 2.57 bits per heavy atom. The average molecular weight is 313 g/mol. The van der Waals surface area contributed by atoms with Gasteiger partial charge in [-0.2, -0.15) is 0 Å². The molecule has 0 unspecified atom stereocenters. The number of nitrogens with one attached hydrogen (secondary N) is 2. The summed E-state index contributed by atoms with van der Waals surface area (Å²) in [6.45, 7) is 5.63. The summed E-state index contributed by atoms with van der Waals surface area (Å²) in [5.41, 5.74) is -0.0822. The van der Waals surface area contributed by atoms with Gasteiger partial charge < -0.3 is 15.7 Å². The Hall–Kier alpha value is -1.96. The second kappa shape index (κ2) is 7.16. The minimum absolute atomic E-state index is 0.117. The van der Waals surface area contributed by atoms with E-state index >= 15 is 0 Å². The van der Waals surface area contributed by atoms with Crippen molar-refractivity contribution in [2.24, 2.45) is 5.41 Å². The molecule has 0 saturated carbocycles. The van der Waals surface area contributed by atoms with Gasteiger partial charge in [-0.25, -0.2) is 4.98 Å². The minimum atomic E-state index is -0.969. The fourth-order valence-corrected chi connectivity index (χ4v) is 2.06. The van der Waals surface area contributed by atoms with Crippen molar-refractivity contribution in [3.8, 4) is 0 Å². The van der Waals surface area contributed by atoms with Crippen molar-refractivity contribution in [3.05, 3.63) is 11.1 Å². The number of rotatable bonds is 6. The van der Waals surface area contributed by atoms with Gasteiger partial charge in [-0.05, 0) is 0 Å². The van der Waals surface area contributed by atoms with Crippen LogP contribution in [-0.2, 0) is 20.8 Å². The standard InChI is InChI=1S/C13H19N3O4S/c1-13(2,3)11(20)14-5-4-9(17)16-12-15-8(7-21-12)6-10(18)19/h7H,4-6H2,1-3H3,(H,14,20)(H,18,19)(H,15,16,17). The first-order chi connectivity index (χ1) is 9.68. The van der Waals surface area contributed by atoms with E-state index in [1.807, 2.05) is 0 Å². The largest absolute Gasteiger partial charge is 0.481 e. The highest BCUT2D eigenvalue weighted by atomic mass is 32.1. The summed E-state index contributed by atoms with van der Waals surface area (Å²) in [6, 6.07) is 0. The lowest BCUT2D eigenvalue weighted by molar-refractivity contribution is -0.136. The van der Waals surface area contributed by atoms with Crippen molar-refractivity contribution in [2.75, 3.05) is 11.9 Å². The third kappa shape index (κ3) is 6.35. The molecule has 1 heterocycles. The van der Waals surface area contributed by atoms with Crippen molar-refractivity contribution in [1.82, 2.24) is 10.3 Å². The van der Waals surface area contributed by atoms with E-state index in [1.54, 1.807) is 26.2 Å². The number of carbonyl (C=O) groups excluding carboxylic acids is 2. The van der Waals surface area contributed by atoms with E-state index in [0.717, 1.165) is 0 Å². The van der Waals surface area contributed by atoms with Gasteiger partial charge in [0.05, 0.1) is 12.1 Å². The van der Waals surface area contributed by atoms with Crippen LogP contribution in [0.25, 0.3) is 0 Å². The number of amides is 2. The number of carbonyl (C=O) groups is 3. The summed E-state index contributed by atoms with van der Waals surface area (Å²) in [4.78, 5) is 37.8. The summed E-state index contributed by atoms with van der Waals surface area (Å²) in [5, 5.41) is 15.8. The number of hydrogen-bond acceptors (Lipinski definition) is 5. The fourth-order valence-electron chi connectivity index (χ4n) is 1.34. The zero-order chi connectivity index (χ0) is 16.0. The number of carboxylic acids is 1. The summed E-state index contributed by atoms with van der Waals surface area (Å²) in [7, 11) is 0. The van der Waals surface area contributed by atoms with Crippen LogP contribution in [-0.4, -0.2) is 34.4 Å². The van der Waals surface area contributed by atoms with Gasteiger partial charge >= 0.3 is 5.97 Å². The van der Waals surface area contributed by atoms with Crippen LogP contribution in [0.4, 0.5) is 5.13 Å². The number of aliphatic carboxylic acids is 1. The van der Waals surface area contributed by atoms with Crippen molar-refractivity contribution in [2.45, 2.75) is 33.6 Å². The smallest absolute Gasteiger partial charge is 0.309 e. The molecule has 116 valence electrons. The number of nitrogens with zero attached hydrogens (tertiary/aromatic N) is 1. The monoisotopic (exact) mass is 313 g/mol. The van der Waals surface area contributed by atoms with E-state index in [-0.39, 0.29) is 31.2 Å². The molecule has 2 amide bonds. The van der Waals surface area contributed by atoms with Crippen LogP contribution in [0.5, 0.6) is 0 Å². The first kappa shape index (κ1) is 17.1. The first-order valence-corrected chi connectivity index (χ1v) is 7.31. The van der Waals surface area contributed by atoms with Gasteiger partial charge in [0, 0.05) is 23.8 Å². The molecule has 7 nitrogen and oxygen atoms in total. The first-order valence-electron chi connectivity index (χ1n) is 6.43. The van der Waals surface area contributed by atoms with Crippen molar-refractivity contribution >= 4 is 34.3 Å². The summed E-state index contributed by atoms with van der Waals surface area (Å²) in [5.74, 6) is -1.36. The number of hydrogen-bond donors (Lipinski definition) is 3. The lowest BCUT2D eigenvalue weighted by Crippen LogP contribution is -2.36. The molecule has 0 aliphatic heterocycles. The van der Waals surface area contributed by atoms with Crippen LogP contribution in [0.2, 0.25) is 0 Å². The molecule has 3 N–H and O–H groups in total. The highest BCUT2D eigenvalue weighted by Crippen LogP contribution is 2.16. The Bertz CT molecular complexity index is 534. The second-order valence-corrected chi connectivity index (χ2v) is 6.38. The van der Waals surface area contributed by atoms with E-state index in [4.69, 9.17) is 5.11 Å². The molecular weight excluding hydrogens is 294 g/mol. The number of carboxylic acid groups (broad SMARTS) is 1. The van der Waals surface area contributed by atoms with Crippen molar-refractivity contribution in [3.63, 3.8) is 0 Å². The molecule has 0 radical (unpaired) electrons. The molecule has 0 spiro atoms. The van der Waals surface area contributed by atoms with E-state index in [0.29, 0.717) is 10.8 Å². The van der Waals surface area contributed by atoms with Gasteiger partial charge in [0.25, 0.3) is 0 Å². The maximum absolute atomic E-state index is 11.7. The summed E-state index contributed by atoms with van der Waals surface area (Å²) in [6.07, 6.45) is -0.0380. The highest BCUT2D eigenvalue weighted by Gasteiger charge is 2.20. The van der Waals surface area contributed by atoms with Crippen LogP contribution in [0.15, 0.2) is 5.38 Å². The maximum Gasteiger partial charge on any atom is 0.309 e. The fraction of sp³-hybridized carbons (Fsp3) is 0.538. The van der Waals surface area contributed by atoms with Crippen molar-refractivity contribution < 1.29 is 19.5 Å². The van der Waals surface area contributed by atoms with Gasteiger partial charge in [0.15, 0.2) is 5.13 Å². The van der Waals surface area contributed by atoms with Crippen LogP contribution < -0.4 is 10.6 Å². The molecule has 0 aromatic carbocycles. The number of thiazole rings is 1. The summed E-state index contributed by atoms with van der Waals surface area (Å²) < 4.78 is 0. The van der Waals surface area contributed by atoms with E-state index in [2.05, 4.69) is 15.6 Å². The zero-order valence-electron chi connectivity index (χ0n) is 12.2. The topological polar surface area (TPSA) is 108 Å². The normalized spacial score (nSPS) is 11.0. The highest BCUT2D eigenvalue weighted by molar-refractivity contribution is 7.13. The summed E-state index contributed by atoms with van der Waals surface area (Å²) >= 11 is 1.17. The molecule has 21 heavy (non-hydrogen) atoms. The predicted octanol–water partition coefficient (Wildman–Crippen LogP) is 1.26. The molecule has 1 aromatic rings. The van der Waals surface area contributed by atoms with Gasteiger partial charge in [0.2, 0.25) is 11.8 Å². The minimum Gasteiger partial charge on any atom is -0.481 e. The quantitative estimate of drug-likeness (QED) is 0.732. The van der Waals surface area contributed by atoms with Crippen LogP contribution in [0.1, 0.15) is 32.9 Å². The molecule has 0 saturated heterocycles. The van der Waals surface area contributed by atoms with E-state index in [9.17, 15) is 14.4 Å². The van der Waals surface area contributed by atoms with Gasteiger partial charge in [-0.15, -0.1) is 11.3 Å². The zero-order valence-corrected chi connectivity index (χ0v) is 13.0. The average Bonchev–Trinajstić information content (AvgIpc) is 2.73. The third-order valence-electron chi connectivity index (χ3n) is 2.45. The molecule has 1 rings (SSSR count). The molecule has 0 fully saturated rings. The Balaban J connectivity index is 2.35. The lowest BCUT2D eigenvalue weighted by atomic mass is 9.96. The molecule has 0 aliphatic carbocycles. The van der Waals surface area contributed by atoms with Gasteiger partial charge in [-0.1, -0.05) is 20.8 Å². The second-order valence-electron chi connectivity index (χ2n) is 5.52. The molecule has 0 atom stereocenters. The molecule has 0 aliphatic rings. The number of anilines is 1. The molecule has 0 bridgehead atoms. The van der Waals surface area contributed by atoms with Crippen LogP contribution in [0.3, 0.4) is 0 Å². The molecular formula is C13H19N3O4S. The Morgan fingerprint density at radius 2 is 2.00 bits per heavy atom. The third-order valence-corrected chi connectivity index (χ3v) is 3.26. The lowest BCUT2D eigenvalue weighted by Gasteiger charge is -2.17. The maximum atomic E-state index is 11.7. The Labute approximate surface area is 126 Å². The number of aromatic nitrogens is 1. The van der Waals surface area contributed by atoms with Crippen molar-refractivity contribution in [1.29, 1.82) is 0 Å². The SMILES string of the molecule is CC(C)(C)C(=O)NCCC(=O)Nc1nc(CC(=O)O)cs1. The van der Waals surface area contributed by atoms with Crippen LogP contribution >= 0.6 is 11.3 Å². The molecule has 8 heteroatoms. The Kier molecular flexibility index (Phi) is 5.83. The van der Waals surface area contributed by atoms with E-state index in [1.165, 1.54) is 11.3 Å². The molecule has 1 aromatic heterocycles. The predicted molar refractivity (Wildman–Crippen MR) is 79.2 cm³/mol. The van der Waals surface area contributed by atoms with Gasteiger partial charge in [0.1, 0.15) is 0 Å². The van der Waals surface area contributed by atoms with Gasteiger partial charge in [-0.3, -0.25) is 14.4 Å². The van der Waals surface area contributed by atoms with Crippen LogP contribution in [0, 0.1) is 5.41 Å². The Morgan fingerprint density at radius 1 is 1.33 bits per heavy atom.